The summed E-state index contributed by atoms with van der Waals surface area (Å²) < 4.78 is 12.1. The van der Waals surface area contributed by atoms with Crippen LogP contribution in [0.2, 0.25) is 0 Å². The van der Waals surface area contributed by atoms with Crippen molar-refractivity contribution < 1.29 is 19.4 Å². The molecule has 22 heavy (non-hydrogen) atoms. The van der Waals surface area contributed by atoms with Gasteiger partial charge >= 0.3 is 5.97 Å². The van der Waals surface area contributed by atoms with Crippen molar-refractivity contribution in [1.82, 2.24) is 0 Å². The van der Waals surface area contributed by atoms with E-state index in [0.717, 1.165) is 38.5 Å². The fourth-order valence-electron chi connectivity index (χ4n) is 2.83. The standard InChI is InChI=1S/C17H35NO4/c1-5-16(6-2,10-12-18)22-14-11-17(7-3,8-4)21-13-9-15(19)20/h5-14,18H2,1-4H3,(H,19,20). The summed E-state index contributed by atoms with van der Waals surface area (Å²) in [6.45, 7) is 9.94. The first-order valence-electron chi connectivity index (χ1n) is 8.62. The summed E-state index contributed by atoms with van der Waals surface area (Å²) in [7, 11) is 0. The van der Waals surface area contributed by atoms with Gasteiger partial charge in [-0.15, -0.1) is 0 Å². The molecule has 0 spiro atoms. The van der Waals surface area contributed by atoms with E-state index >= 15 is 0 Å². The monoisotopic (exact) mass is 317 g/mol. The van der Waals surface area contributed by atoms with Gasteiger partial charge in [-0.2, -0.15) is 0 Å². The molecule has 0 aliphatic rings. The molecule has 0 saturated carbocycles. The molecule has 0 aromatic rings. The van der Waals surface area contributed by atoms with E-state index in [1.54, 1.807) is 0 Å². The van der Waals surface area contributed by atoms with Crippen molar-refractivity contribution in [3.63, 3.8) is 0 Å². The normalized spacial score (nSPS) is 12.6. The van der Waals surface area contributed by atoms with Gasteiger partial charge in [0.2, 0.25) is 0 Å². The van der Waals surface area contributed by atoms with Crippen LogP contribution in [0.15, 0.2) is 0 Å². The smallest absolute Gasteiger partial charge is 0.305 e. The molecule has 132 valence electrons. The van der Waals surface area contributed by atoms with Gasteiger partial charge in [0.05, 0.1) is 30.8 Å². The van der Waals surface area contributed by atoms with E-state index in [1.807, 2.05) is 0 Å². The van der Waals surface area contributed by atoms with Crippen LogP contribution in [0, 0.1) is 0 Å². The molecule has 0 unspecified atom stereocenters. The minimum Gasteiger partial charge on any atom is -0.481 e. The van der Waals surface area contributed by atoms with E-state index in [0.29, 0.717) is 13.2 Å². The number of carboxylic acid groups (broad SMARTS) is 1. The van der Waals surface area contributed by atoms with Crippen molar-refractivity contribution >= 4 is 5.97 Å². The van der Waals surface area contributed by atoms with Gasteiger partial charge in [-0.25, -0.2) is 0 Å². The number of nitrogens with two attached hydrogens (primary N) is 1. The van der Waals surface area contributed by atoms with Crippen LogP contribution in [-0.4, -0.2) is 42.0 Å². The number of ether oxygens (including phenoxy) is 2. The quantitative estimate of drug-likeness (QED) is 0.513. The van der Waals surface area contributed by atoms with E-state index in [4.69, 9.17) is 20.3 Å². The first-order valence-corrected chi connectivity index (χ1v) is 8.62. The van der Waals surface area contributed by atoms with Crippen LogP contribution in [0.4, 0.5) is 0 Å². The zero-order valence-electron chi connectivity index (χ0n) is 14.8. The Morgan fingerprint density at radius 1 is 0.909 bits per heavy atom. The molecule has 0 fully saturated rings. The van der Waals surface area contributed by atoms with Crippen LogP contribution in [-0.2, 0) is 14.3 Å². The lowest BCUT2D eigenvalue weighted by Gasteiger charge is -2.36. The highest BCUT2D eigenvalue weighted by Gasteiger charge is 2.30. The Morgan fingerprint density at radius 2 is 1.36 bits per heavy atom. The minimum absolute atomic E-state index is 0.0453. The molecule has 5 nitrogen and oxygen atoms in total. The number of rotatable bonds is 14. The van der Waals surface area contributed by atoms with Gasteiger partial charge in [0.15, 0.2) is 0 Å². The predicted molar refractivity (Wildman–Crippen MR) is 89.1 cm³/mol. The van der Waals surface area contributed by atoms with Crippen molar-refractivity contribution in [2.75, 3.05) is 19.8 Å². The molecular formula is C17H35NO4. The third-order valence-electron chi connectivity index (χ3n) is 4.87. The molecule has 5 heteroatoms. The molecular weight excluding hydrogens is 282 g/mol. The number of carboxylic acids is 1. The SMILES string of the molecule is CCC(CC)(CCN)OCCC(CC)(CC)OCCC(=O)O. The maximum absolute atomic E-state index is 10.6. The largest absolute Gasteiger partial charge is 0.481 e. The average molecular weight is 317 g/mol. The van der Waals surface area contributed by atoms with Gasteiger partial charge in [0.1, 0.15) is 0 Å². The van der Waals surface area contributed by atoms with Gasteiger partial charge in [-0.05, 0) is 45.1 Å². The summed E-state index contributed by atoms with van der Waals surface area (Å²) >= 11 is 0. The summed E-state index contributed by atoms with van der Waals surface area (Å²) in [6, 6.07) is 0. The summed E-state index contributed by atoms with van der Waals surface area (Å²) in [6.07, 6.45) is 5.31. The third-order valence-corrected chi connectivity index (χ3v) is 4.87. The first kappa shape index (κ1) is 21.4. The van der Waals surface area contributed by atoms with E-state index < -0.39 is 5.97 Å². The van der Waals surface area contributed by atoms with Crippen molar-refractivity contribution in [2.45, 2.75) is 83.8 Å². The van der Waals surface area contributed by atoms with E-state index in [2.05, 4.69) is 27.7 Å². The number of carbonyl (C=O) groups is 1. The molecule has 0 radical (unpaired) electrons. The lowest BCUT2D eigenvalue weighted by molar-refractivity contribution is -0.141. The number of hydrogen-bond donors (Lipinski definition) is 2. The Kier molecular flexibility index (Phi) is 10.6. The maximum Gasteiger partial charge on any atom is 0.305 e. The van der Waals surface area contributed by atoms with E-state index in [1.165, 1.54) is 0 Å². The minimum atomic E-state index is -0.823. The topological polar surface area (TPSA) is 81.8 Å². The molecule has 0 saturated heterocycles. The second-order valence-electron chi connectivity index (χ2n) is 5.91. The Bertz CT molecular complexity index is 299. The molecule has 0 rings (SSSR count). The zero-order valence-corrected chi connectivity index (χ0v) is 14.8. The van der Waals surface area contributed by atoms with Crippen LogP contribution >= 0.6 is 0 Å². The van der Waals surface area contributed by atoms with Crippen molar-refractivity contribution in [3.05, 3.63) is 0 Å². The molecule has 0 aromatic carbocycles. The lowest BCUT2D eigenvalue weighted by atomic mass is 9.91. The van der Waals surface area contributed by atoms with Gasteiger partial charge in [0.25, 0.3) is 0 Å². The van der Waals surface area contributed by atoms with Gasteiger partial charge in [-0.3, -0.25) is 4.79 Å². The van der Waals surface area contributed by atoms with Gasteiger partial charge < -0.3 is 20.3 Å². The average Bonchev–Trinajstić information content (AvgIpc) is 2.52. The second-order valence-corrected chi connectivity index (χ2v) is 5.91. The fourth-order valence-corrected chi connectivity index (χ4v) is 2.83. The van der Waals surface area contributed by atoms with Crippen molar-refractivity contribution in [3.8, 4) is 0 Å². The Hall–Kier alpha value is -0.650. The molecule has 3 N–H and O–H groups in total. The van der Waals surface area contributed by atoms with E-state index in [-0.39, 0.29) is 24.2 Å². The summed E-state index contributed by atoms with van der Waals surface area (Å²) in [4.78, 5) is 10.6. The molecule has 0 aliphatic heterocycles. The van der Waals surface area contributed by atoms with Gasteiger partial charge in [0, 0.05) is 0 Å². The lowest BCUT2D eigenvalue weighted by Crippen LogP contribution is -2.38. The van der Waals surface area contributed by atoms with Crippen LogP contribution in [0.3, 0.4) is 0 Å². The molecule has 0 amide bonds. The first-order chi connectivity index (χ1) is 10.4. The highest BCUT2D eigenvalue weighted by molar-refractivity contribution is 5.66. The van der Waals surface area contributed by atoms with Crippen molar-refractivity contribution in [2.24, 2.45) is 5.73 Å². The van der Waals surface area contributed by atoms with Crippen molar-refractivity contribution in [1.29, 1.82) is 0 Å². The second kappa shape index (κ2) is 11.0. The summed E-state index contributed by atoms with van der Waals surface area (Å²) in [5.74, 6) is -0.823. The van der Waals surface area contributed by atoms with Gasteiger partial charge in [-0.1, -0.05) is 27.7 Å². The predicted octanol–water partition coefficient (Wildman–Crippen LogP) is 3.35. The molecule has 0 aliphatic carbocycles. The Balaban J connectivity index is 4.52. The molecule has 0 aromatic heterocycles. The van der Waals surface area contributed by atoms with Crippen LogP contribution in [0.1, 0.15) is 72.6 Å². The Morgan fingerprint density at radius 3 is 1.77 bits per heavy atom. The Labute approximate surface area is 135 Å². The van der Waals surface area contributed by atoms with E-state index in [9.17, 15) is 4.79 Å². The maximum atomic E-state index is 10.6. The third kappa shape index (κ3) is 7.07. The molecule has 0 heterocycles. The van der Waals surface area contributed by atoms with Crippen LogP contribution < -0.4 is 5.73 Å². The highest BCUT2D eigenvalue weighted by Crippen LogP contribution is 2.29. The summed E-state index contributed by atoms with van der Waals surface area (Å²) in [5, 5.41) is 8.74. The highest BCUT2D eigenvalue weighted by atomic mass is 16.5. The van der Waals surface area contributed by atoms with Crippen LogP contribution in [0.5, 0.6) is 0 Å². The fraction of sp³-hybridized carbons (Fsp3) is 0.941. The molecule has 0 bridgehead atoms. The summed E-state index contributed by atoms with van der Waals surface area (Å²) in [5.41, 5.74) is 5.29. The van der Waals surface area contributed by atoms with Crippen LogP contribution in [0.25, 0.3) is 0 Å². The molecule has 0 atom stereocenters. The number of aliphatic carboxylic acids is 1. The zero-order chi connectivity index (χ0) is 17.1. The number of hydrogen-bond acceptors (Lipinski definition) is 4.